The maximum atomic E-state index is 13.8. The molecule has 38 heavy (non-hydrogen) atoms. The van der Waals surface area contributed by atoms with E-state index in [0.29, 0.717) is 37.9 Å². The van der Waals surface area contributed by atoms with Gasteiger partial charge in [-0.1, -0.05) is 18.5 Å². The number of benzene rings is 2. The number of halogens is 4. The number of alkyl halides is 3. The van der Waals surface area contributed by atoms with Crippen molar-refractivity contribution in [3.05, 3.63) is 58.1 Å². The van der Waals surface area contributed by atoms with Crippen LogP contribution in [0.1, 0.15) is 41.3 Å². The Labute approximate surface area is 225 Å². The minimum absolute atomic E-state index is 0.0248. The zero-order chi connectivity index (χ0) is 27.5. The first-order chi connectivity index (χ1) is 18.0. The lowest BCUT2D eigenvalue weighted by molar-refractivity contribution is -0.137. The third kappa shape index (κ3) is 6.80. The fourth-order valence-corrected chi connectivity index (χ4v) is 6.22. The van der Waals surface area contributed by atoms with Crippen molar-refractivity contribution in [3.8, 4) is 0 Å². The summed E-state index contributed by atoms with van der Waals surface area (Å²) < 4.78 is 71.6. The van der Waals surface area contributed by atoms with Crippen LogP contribution in [0.5, 0.6) is 0 Å². The highest BCUT2D eigenvalue weighted by molar-refractivity contribution is 7.91. The zero-order valence-corrected chi connectivity index (χ0v) is 22.6. The number of carbonyl (C=O) groups excluding carboxylic acids is 1. The van der Waals surface area contributed by atoms with Gasteiger partial charge in [-0.3, -0.25) is 9.69 Å². The van der Waals surface area contributed by atoms with Gasteiger partial charge in [0, 0.05) is 68.3 Å². The lowest BCUT2D eigenvalue weighted by Crippen LogP contribution is -2.51. The first-order valence-electron chi connectivity index (χ1n) is 12.6. The highest BCUT2D eigenvalue weighted by atomic mass is 35.5. The molecule has 0 atom stereocenters. The molecule has 0 bridgehead atoms. The van der Waals surface area contributed by atoms with Crippen molar-refractivity contribution in [3.63, 3.8) is 0 Å². The van der Waals surface area contributed by atoms with Crippen LogP contribution < -0.4 is 10.2 Å². The zero-order valence-electron chi connectivity index (χ0n) is 21.1. The molecule has 2 aromatic carbocycles. The minimum atomic E-state index is -4.63. The molecule has 0 aromatic heterocycles. The molecule has 208 valence electrons. The molecule has 1 N–H and O–H groups in total. The third-order valence-electron chi connectivity index (χ3n) is 7.07. The van der Waals surface area contributed by atoms with E-state index in [0.717, 1.165) is 38.2 Å². The van der Waals surface area contributed by atoms with Gasteiger partial charge in [0.2, 0.25) is 0 Å². The average molecular weight is 574 g/mol. The molecule has 2 aromatic rings. The van der Waals surface area contributed by atoms with Crippen molar-refractivity contribution < 1.29 is 31.1 Å². The molecule has 4 rings (SSSR count). The Bertz CT molecular complexity index is 1260. The molecule has 1 amide bonds. The first kappa shape index (κ1) is 28.7. The summed E-state index contributed by atoms with van der Waals surface area (Å²) in [5.74, 6) is -0.882. The number of piperazine rings is 1. The number of carbonyl (C=O) groups is 1. The number of hydrogen-bond acceptors (Lipinski definition) is 6. The van der Waals surface area contributed by atoms with E-state index in [-0.39, 0.29) is 33.3 Å². The lowest BCUT2D eigenvalue weighted by Gasteiger charge is -2.41. The largest absolute Gasteiger partial charge is 0.416 e. The van der Waals surface area contributed by atoms with Crippen LogP contribution in [0, 0.1) is 0 Å². The van der Waals surface area contributed by atoms with Crippen molar-refractivity contribution in [2.75, 3.05) is 50.0 Å². The topological polar surface area (TPSA) is 79.0 Å². The van der Waals surface area contributed by atoms with Crippen LogP contribution in [0.4, 0.5) is 18.9 Å². The van der Waals surface area contributed by atoms with E-state index in [4.69, 9.17) is 16.3 Å². The summed E-state index contributed by atoms with van der Waals surface area (Å²) in [6.07, 6.45) is -2.74. The van der Waals surface area contributed by atoms with Gasteiger partial charge in [0.05, 0.1) is 16.2 Å². The molecule has 2 heterocycles. The van der Waals surface area contributed by atoms with E-state index < -0.39 is 27.5 Å². The second-order valence-corrected chi connectivity index (χ2v) is 12.2. The van der Waals surface area contributed by atoms with Gasteiger partial charge in [0.25, 0.3) is 5.91 Å². The van der Waals surface area contributed by atoms with Crippen molar-refractivity contribution >= 4 is 33.0 Å². The quantitative estimate of drug-likeness (QED) is 0.530. The van der Waals surface area contributed by atoms with Crippen LogP contribution in [0.2, 0.25) is 5.02 Å². The molecule has 2 aliphatic heterocycles. The predicted octanol–water partition coefficient (Wildman–Crippen LogP) is 4.38. The maximum absolute atomic E-state index is 13.8. The van der Waals surface area contributed by atoms with Crippen molar-refractivity contribution in [1.82, 2.24) is 10.2 Å². The second-order valence-electron chi connectivity index (χ2n) is 9.47. The Balaban J connectivity index is 1.52. The van der Waals surface area contributed by atoms with Gasteiger partial charge in [-0.05, 0) is 54.8 Å². The van der Waals surface area contributed by atoms with Crippen LogP contribution >= 0.6 is 11.6 Å². The summed E-state index contributed by atoms with van der Waals surface area (Å²) in [6, 6.07) is 8.00. The molecule has 0 aliphatic carbocycles. The fraction of sp³-hybridized carbons (Fsp3) is 0.500. The van der Waals surface area contributed by atoms with Gasteiger partial charge in [0.15, 0.2) is 9.84 Å². The Morgan fingerprint density at radius 3 is 2.39 bits per heavy atom. The molecule has 0 radical (unpaired) electrons. The van der Waals surface area contributed by atoms with Crippen LogP contribution in [0.25, 0.3) is 0 Å². The smallest absolute Gasteiger partial charge is 0.381 e. The predicted molar refractivity (Wildman–Crippen MR) is 139 cm³/mol. The molecular formula is C26H31ClF3N3O4S. The Morgan fingerprint density at radius 1 is 1.08 bits per heavy atom. The number of hydrogen-bond donors (Lipinski definition) is 1. The SMILES string of the molecule is CCS(=O)(=O)c1ccc(Cl)cc1CNC(=O)c1cc(N2CCN(C3CCOCC3)CC2)cc(C(F)(F)F)c1. The highest BCUT2D eigenvalue weighted by Gasteiger charge is 2.33. The van der Waals surface area contributed by atoms with Gasteiger partial charge >= 0.3 is 6.18 Å². The van der Waals surface area contributed by atoms with Crippen LogP contribution in [-0.4, -0.2) is 70.4 Å². The van der Waals surface area contributed by atoms with Gasteiger partial charge in [-0.2, -0.15) is 13.2 Å². The summed E-state index contributed by atoms with van der Waals surface area (Å²) in [5.41, 5.74) is -0.467. The monoisotopic (exact) mass is 573 g/mol. The van der Waals surface area contributed by atoms with Gasteiger partial charge in [0.1, 0.15) is 0 Å². The molecular weight excluding hydrogens is 543 g/mol. The fourth-order valence-electron chi connectivity index (χ4n) is 4.91. The number of nitrogens with zero attached hydrogens (tertiary/aromatic N) is 2. The number of ether oxygens (including phenoxy) is 1. The maximum Gasteiger partial charge on any atom is 0.416 e. The standard InChI is InChI=1S/C26H31ClF3N3O4S/c1-2-38(35,36)24-4-3-21(27)14-19(24)17-31-25(34)18-13-20(26(28,29)30)16-23(15-18)33-9-7-32(8-10-33)22-5-11-37-12-6-22/h3-4,13-16,22H,2,5-12,17H2,1H3,(H,31,34). The molecule has 7 nitrogen and oxygen atoms in total. The van der Waals surface area contributed by atoms with Crippen LogP contribution in [-0.2, 0) is 27.3 Å². The number of amides is 1. The Kier molecular flexibility index (Phi) is 8.91. The van der Waals surface area contributed by atoms with E-state index in [1.165, 1.54) is 31.2 Å². The summed E-state index contributed by atoms with van der Waals surface area (Å²) in [7, 11) is -3.59. The number of sulfone groups is 1. The molecule has 2 saturated heterocycles. The molecule has 0 unspecified atom stereocenters. The Hall–Kier alpha value is -2.34. The summed E-state index contributed by atoms with van der Waals surface area (Å²) in [5, 5.41) is 2.85. The first-order valence-corrected chi connectivity index (χ1v) is 14.6. The Morgan fingerprint density at radius 2 is 1.76 bits per heavy atom. The van der Waals surface area contributed by atoms with Crippen molar-refractivity contribution in [2.45, 2.75) is 43.4 Å². The second kappa shape index (κ2) is 11.8. The summed E-state index contributed by atoms with van der Waals surface area (Å²) in [6.45, 7) is 5.25. The highest BCUT2D eigenvalue weighted by Crippen LogP contribution is 2.34. The normalized spacial score (nSPS) is 18.0. The number of anilines is 1. The molecule has 2 aliphatic rings. The van der Waals surface area contributed by atoms with Gasteiger partial charge in [-0.15, -0.1) is 0 Å². The van der Waals surface area contributed by atoms with E-state index in [9.17, 15) is 26.4 Å². The van der Waals surface area contributed by atoms with Crippen LogP contribution in [0.15, 0.2) is 41.3 Å². The molecule has 0 saturated carbocycles. The molecule has 2 fully saturated rings. The summed E-state index contributed by atoms with van der Waals surface area (Å²) in [4.78, 5) is 17.3. The molecule has 0 spiro atoms. The molecule has 12 heteroatoms. The number of rotatable bonds is 7. The van der Waals surface area contributed by atoms with Crippen molar-refractivity contribution in [2.24, 2.45) is 0 Å². The summed E-state index contributed by atoms with van der Waals surface area (Å²) >= 11 is 6.03. The van der Waals surface area contributed by atoms with Gasteiger partial charge < -0.3 is 15.0 Å². The lowest BCUT2D eigenvalue weighted by atomic mass is 10.0. The average Bonchev–Trinajstić information content (AvgIpc) is 2.91. The van der Waals surface area contributed by atoms with E-state index in [1.807, 2.05) is 4.90 Å². The van der Waals surface area contributed by atoms with E-state index >= 15 is 0 Å². The van der Waals surface area contributed by atoms with Crippen molar-refractivity contribution in [1.29, 1.82) is 0 Å². The third-order valence-corrected chi connectivity index (χ3v) is 9.13. The van der Waals surface area contributed by atoms with Gasteiger partial charge in [-0.25, -0.2) is 8.42 Å². The van der Waals surface area contributed by atoms with Crippen LogP contribution in [0.3, 0.4) is 0 Å². The van der Waals surface area contributed by atoms with E-state index in [2.05, 4.69) is 10.2 Å². The van der Waals surface area contributed by atoms with E-state index in [1.54, 1.807) is 0 Å². The minimum Gasteiger partial charge on any atom is -0.381 e. The number of nitrogens with one attached hydrogen (secondary N) is 1.